The molecule has 6 nitrogen and oxygen atoms in total. The van der Waals surface area contributed by atoms with E-state index in [2.05, 4.69) is 10.1 Å². The molecule has 0 aliphatic rings. The first-order valence-corrected chi connectivity index (χ1v) is 8.63. The van der Waals surface area contributed by atoms with Crippen LogP contribution in [0.4, 0.5) is 14.5 Å². The number of anilines is 1. The van der Waals surface area contributed by atoms with Crippen molar-refractivity contribution in [2.24, 2.45) is 0 Å². The number of carbonyl (C=O) groups excluding carboxylic acids is 2. The standard InChI is InChI=1S/C21H21F2NO5/c1-13-4-7-16(14(2)10-13)24-19(25)12-28-20(26)9-6-15-5-8-17(29-21(22)23)18(11-15)27-3/h4-11,21H,12H2,1-3H3,(H,24,25)/b9-6+. The Morgan fingerprint density at radius 2 is 1.86 bits per heavy atom. The molecule has 154 valence electrons. The first-order valence-electron chi connectivity index (χ1n) is 8.63. The fourth-order valence-corrected chi connectivity index (χ4v) is 2.47. The summed E-state index contributed by atoms with van der Waals surface area (Å²) in [5.41, 5.74) is 3.12. The Kier molecular flexibility index (Phi) is 7.70. The maximum Gasteiger partial charge on any atom is 0.387 e. The quantitative estimate of drug-likeness (QED) is 0.529. The van der Waals surface area contributed by atoms with E-state index in [0.717, 1.165) is 17.2 Å². The molecule has 1 N–H and O–H groups in total. The van der Waals surface area contributed by atoms with E-state index in [1.165, 1.54) is 31.4 Å². The predicted molar refractivity (Wildman–Crippen MR) is 104 cm³/mol. The van der Waals surface area contributed by atoms with E-state index >= 15 is 0 Å². The van der Waals surface area contributed by atoms with Gasteiger partial charge in [0.2, 0.25) is 0 Å². The number of benzene rings is 2. The molecular formula is C21H21F2NO5. The molecule has 0 spiro atoms. The van der Waals surface area contributed by atoms with Gasteiger partial charge < -0.3 is 19.5 Å². The van der Waals surface area contributed by atoms with Crippen molar-refractivity contribution in [1.29, 1.82) is 0 Å². The van der Waals surface area contributed by atoms with Crippen molar-refractivity contribution in [2.75, 3.05) is 19.0 Å². The number of alkyl halides is 2. The Morgan fingerprint density at radius 1 is 1.10 bits per heavy atom. The van der Waals surface area contributed by atoms with Gasteiger partial charge in [0.1, 0.15) is 0 Å². The highest BCUT2D eigenvalue weighted by molar-refractivity contribution is 5.95. The third-order valence-electron chi connectivity index (χ3n) is 3.82. The number of carbonyl (C=O) groups is 2. The smallest absolute Gasteiger partial charge is 0.387 e. The lowest BCUT2D eigenvalue weighted by atomic mass is 10.1. The molecular weight excluding hydrogens is 384 g/mol. The largest absolute Gasteiger partial charge is 0.493 e. The molecule has 0 aromatic heterocycles. The lowest BCUT2D eigenvalue weighted by molar-refractivity contribution is -0.142. The van der Waals surface area contributed by atoms with Crippen LogP contribution in [0.25, 0.3) is 6.08 Å². The van der Waals surface area contributed by atoms with Crippen molar-refractivity contribution in [2.45, 2.75) is 20.5 Å². The molecule has 29 heavy (non-hydrogen) atoms. The number of hydrogen-bond donors (Lipinski definition) is 1. The summed E-state index contributed by atoms with van der Waals surface area (Å²) in [6.07, 6.45) is 2.52. The monoisotopic (exact) mass is 405 g/mol. The molecule has 1 amide bonds. The van der Waals surface area contributed by atoms with Gasteiger partial charge >= 0.3 is 12.6 Å². The van der Waals surface area contributed by atoms with Crippen molar-refractivity contribution >= 4 is 23.6 Å². The molecule has 0 aliphatic heterocycles. The zero-order chi connectivity index (χ0) is 21.4. The number of methoxy groups -OCH3 is 1. The Bertz CT molecular complexity index is 912. The van der Waals surface area contributed by atoms with Crippen LogP contribution in [0, 0.1) is 13.8 Å². The van der Waals surface area contributed by atoms with Crippen LogP contribution in [0.15, 0.2) is 42.5 Å². The van der Waals surface area contributed by atoms with Crippen LogP contribution in [0.5, 0.6) is 11.5 Å². The predicted octanol–water partition coefficient (Wildman–Crippen LogP) is 4.11. The first kappa shape index (κ1) is 21.9. The van der Waals surface area contributed by atoms with Crippen LogP contribution < -0.4 is 14.8 Å². The second kappa shape index (κ2) is 10.2. The highest BCUT2D eigenvalue weighted by Crippen LogP contribution is 2.29. The van der Waals surface area contributed by atoms with Crippen molar-refractivity contribution in [3.63, 3.8) is 0 Å². The molecule has 0 atom stereocenters. The van der Waals surface area contributed by atoms with Crippen LogP contribution >= 0.6 is 0 Å². The summed E-state index contributed by atoms with van der Waals surface area (Å²) in [4.78, 5) is 23.7. The van der Waals surface area contributed by atoms with Gasteiger partial charge in [0.25, 0.3) is 5.91 Å². The number of amides is 1. The Labute approximate surface area is 167 Å². The molecule has 2 aromatic carbocycles. The lowest BCUT2D eigenvalue weighted by Crippen LogP contribution is -2.20. The number of hydrogen-bond acceptors (Lipinski definition) is 5. The van der Waals surface area contributed by atoms with Gasteiger partial charge in [-0.05, 0) is 49.2 Å². The highest BCUT2D eigenvalue weighted by atomic mass is 19.3. The van der Waals surface area contributed by atoms with E-state index in [4.69, 9.17) is 9.47 Å². The second-order valence-electron chi connectivity index (χ2n) is 6.10. The van der Waals surface area contributed by atoms with Crippen molar-refractivity contribution in [3.8, 4) is 11.5 Å². The summed E-state index contributed by atoms with van der Waals surface area (Å²) < 4.78 is 38.9. The fraction of sp³-hybridized carbons (Fsp3) is 0.238. The van der Waals surface area contributed by atoms with Crippen LogP contribution in [-0.4, -0.2) is 32.2 Å². The zero-order valence-corrected chi connectivity index (χ0v) is 16.2. The Hall–Kier alpha value is -3.42. The summed E-state index contributed by atoms with van der Waals surface area (Å²) in [6.45, 7) is 0.390. The average molecular weight is 405 g/mol. The van der Waals surface area contributed by atoms with E-state index < -0.39 is 25.1 Å². The minimum absolute atomic E-state index is 0.0914. The number of aryl methyl sites for hydroxylation is 2. The van der Waals surface area contributed by atoms with E-state index in [9.17, 15) is 18.4 Å². The highest BCUT2D eigenvalue weighted by Gasteiger charge is 2.11. The summed E-state index contributed by atoms with van der Waals surface area (Å²) in [5.74, 6) is -1.22. The molecule has 0 saturated heterocycles. The van der Waals surface area contributed by atoms with Crippen LogP contribution in [0.2, 0.25) is 0 Å². The van der Waals surface area contributed by atoms with Gasteiger partial charge in [-0.15, -0.1) is 0 Å². The van der Waals surface area contributed by atoms with Crippen molar-refractivity contribution in [1.82, 2.24) is 0 Å². The van der Waals surface area contributed by atoms with Gasteiger partial charge in [-0.3, -0.25) is 4.79 Å². The first-order chi connectivity index (χ1) is 13.8. The Balaban J connectivity index is 1.89. The van der Waals surface area contributed by atoms with E-state index in [1.54, 1.807) is 6.07 Å². The molecule has 0 fully saturated rings. The molecule has 0 heterocycles. The van der Waals surface area contributed by atoms with Gasteiger partial charge in [0.05, 0.1) is 7.11 Å². The Morgan fingerprint density at radius 3 is 2.52 bits per heavy atom. The summed E-state index contributed by atoms with van der Waals surface area (Å²) in [6, 6.07) is 9.76. The number of esters is 1. The summed E-state index contributed by atoms with van der Waals surface area (Å²) in [7, 11) is 1.31. The molecule has 2 rings (SSSR count). The van der Waals surface area contributed by atoms with E-state index in [-0.39, 0.29) is 11.5 Å². The van der Waals surface area contributed by atoms with Gasteiger partial charge in [0.15, 0.2) is 18.1 Å². The summed E-state index contributed by atoms with van der Waals surface area (Å²) in [5, 5.41) is 2.67. The molecule has 0 aliphatic carbocycles. The van der Waals surface area contributed by atoms with Crippen LogP contribution in [-0.2, 0) is 14.3 Å². The zero-order valence-electron chi connectivity index (χ0n) is 16.2. The topological polar surface area (TPSA) is 73.9 Å². The minimum Gasteiger partial charge on any atom is -0.493 e. The lowest BCUT2D eigenvalue weighted by Gasteiger charge is -2.10. The number of halogens is 2. The molecule has 0 saturated carbocycles. The average Bonchev–Trinajstić information content (AvgIpc) is 2.67. The van der Waals surface area contributed by atoms with Crippen LogP contribution in [0.1, 0.15) is 16.7 Å². The van der Waals surface area contributed by atoms with Gasteiger partial charge in [-0.25, -0.2) is 4.79 Å². The third-order valence-corrected chi connectivity index (χ3v) is 3.82. The normalized spacial score (nSPS) is 10.8. The molecule has 0 unspecified atom stereocenters. The van der Waals surface area contributed by atoms with E-state index in [1.807, 2.05) is 26.0 Å². The van der Waals surface area contributed by atoms with Gasteiger partial charge in [0, 0.05) is 11.8 Å². The van der Waals surface area contributed by atoms with Crippen molar-refractivity contribution < 1.29 is 32.6 Å². The molecule has 0 bridgehead atoms. The maximum absolute atomic E-state index is 12.3. The molecule has 8 heteroatoms. The fourth-order valence-electron chi connectivity index (χ4n) is 2.47. The number of rotatable bonds is 8. The third kappa shape index (κ3) is 6.91. The van der Waals surface area contributed by atoms with E-state index in [0.29, 0.717) is 11.3 Å². The van der Waals surface area contributed by atoms with Gasteiger partial charge in [-0.1, -0.05) is 23.8 Å². The maximum atomic E-state index is 12.3. The number of nitrogens with one attached hydrogen (secondary N) is 1. The SMILES string of the molecule is COc1cc(/C=C/C(=O)OCC(=O)Nc2ccc(C)cc2C)ccc1OC(F)F. The number of ether oxygens (including phenoxy) is 3. The summed E-state index contributed by atoms with van der Waals surface area (Å²) >= 11 is 0. The second-order valence-corrected chi connectivity index (χ2v) is 6.10. The molecule has 2 aromatic rings. The molecule has 0 radical (unpaired) electrons. The van der Waals surface area contributed by atoms with Crippen molar-refractivity contribution in [3.05, 3.63) is 59.2 Å². The van der Waals surface area contributed by atoms with Gasteiger partial charge in [-0.2, -0.15) is 8.78 Å². The minimum atomic E-state index is -2.98. The van der Waals surface area contributed by atoms with Crippen LogP contribution in [0.3, 0.4) is 0 Å².